The predicted octanol–water partition coefficient (Wildman–Crippen LogP) is 6.31. The number of carbonyl (C=O) groups is 2. The summed E-state index contributed by atoms with van der Waals surface area (Å²) in [4.78, 5) is 23.8. The second-order valence-corrected chi connectivity index (χ2v) is 9.53. The Hall–Kier alpha value is -5.57. The number of hydrazone groups is 1. The number of aryl methyl sites for hydroxylation is 2. The van der Waals surface area contributed by atoms with Crippen LogP contribution in [-0.2, 0) is 13.2 Å². The van der Waals surface area contributed by atoms with E-state index in [9.17, 15) is 14.7 Å². The lowest BCUT2D eigenvalue weighted by atomic mass is 10.1. The van der Waals surface area contributed by atoms with Gasteiger partial charge in [0.15, 0.2) is 5.76 Å². The van der Waals surface area contributed by atoms with Gasteiger partial charge in [-0.25, -0.2) is 10.2 Å². The van der Waals surface area contributed by atoms with Crippen LogP contribution in [0.25, 0.3) is 5.69 Å². The van der Waals surface area contributed by atoms with E-state index in [-0.39, 0.29) is 24.5 Å². The zero-order valence-electron chi connectivity index (χ0n) is 23.1. The highest BCUT2D eigenvalue weighted by molar-refractivity contribution is 5.92. The first-order valence-electron chi connectivity index (χ1n) is 13.2. The molecule has 0 aliphatic rings. The number of hydrogen-bond acceptors (Lipinski definition) is 6. The van der Waals surface area contributed by atoms with Crippen molar-refractivity contribution < 1.29 is 28.6 Å². The minimum Gasteiger partial charge on any atom is -0.488 e. The first-order chi connectivity index (χ1) is 20.4. The van der Waals surface area contributed by atoms with Crippen LogP contribution in [0.5, 0.6) is 11.5 Å². The van der Waals surface area contributed by atoms with Crippen molar-refractivity contribution in [1.29, 1.82) is 0 Å². The van der Waals surface area contributed by atoms with Crippen molar-refractivity contribution in [3.63, 3.8) is 0 Å². The Balaban J connectivity index is 1.14. The second kappa shape index (κ2) is 12.7. The second-order valence-electron chi connectivity index (χ2n) is 9.53. The molecule has 9 nitrogen and oxygen atoms in total. The molecular formula is C33H29N3O6. The minimum atomic E-state index is -1.000. The summed E-state index contributed by atoms with van der Waals surface area (Å²) in [6, 6.07) is 28.9. The van der Waals surface area contributed by atoms with Gasteiger partial charge < -0.3 is 23.6 Å². The summed E-state index contributed by atoms with van der Waals surface area (Å²) in [7, 11) is 0. The maximum Gasteiger partial charge on any atom is 0.335 e. The fraction of sp³-hybridized carbons (Fsp3) is 0.121. The third-order valence-electron chi connectivity index (χ3n) is 6.49. The zero-order valence-corrected chi connectivity index (χ0v) is 23.1. The third-order valence-corrected chi connectivity index (χ3v) is 6.49. The highest BCUT2D eigenvalue weighted by Gasteiger charge is 2.12. The molecule has 0 fully saturated rings. The quantitative estimate of drug-likeness (QED) is 0.144. The SMILES string of the molecule is Cc1ccc(C)n1-c1ccc(OCc2ccc(C(=O)N/N=C/c3ccccc3OCc3cccc(C(=O)O)c3)o2)cc1. The van der Waals surface area contributed by atoms with Crippen LogP contribution in [0.2, 0.25) is 0 Å². The lowest BCUT2D eigenvalue weighted by Gasteiger charge is -2.10. The van der Waals surface area contributed by atoms with E-state index in [1.807, 2.05) is 36.4 Å². The summed E-state index contributed by atoms with van der Waals surface area (Å²) in [5, 5.41) is 13.2. The fourth-order valence-corrected chi connectivity index (χ4v) is 4.39. The van der Waals surface area contributed by atoms with Crippen molar-refractivity contribution in [2.45, 2.75) is 27.1 Å². The van der Waals surface area contributed by atoms with Gasteiger partial charge in [-0.05, 0) is 92.2 Å². The summed E-state index contributed by atoms with van der Waals surface area (Å²) in [5.74, 6) is 0.297. The Morgan fingerprint density at radius 3 is 2.40 bits per heavy atom. The molecule has 1 amide bonds. The van der Waals surface area contributed by atoms with Gasteiger partial charge in [0, 0.05) is 22.6 Å². The molecule has 0 spiro atoms. The van der Waals surface area contributed by atoms with Gasteiger partial charge >= 0.3 is 11.9 Å². The summed E-state index contributed by atoms with van der Waals surface area (Å²) >= 11 is 0. The molecule has 9 heteroatoms. The average Bonchev–Trinajstić information content (AvgIpc) is 3.62. The molecule has 212 valence electrons. The minimum absolute atomic E-state index is 0.0995. The number of hydrogen-bond donors (Lipinski definition) is 2. The molecule has 42 heavy (non-hydrogen) atoms. The average molecular weight is 564 g/mol. The monoisotopic (exact) mass is 563 g/mol. The number of carbonyl (C=O) groups excluding carboxylic acids is 1. The van der Waals surface area contributed by atoms with Crippen LogP contribution in [0.1, 0.15) is 49.2 Å². The number of benzene rings is 3. The number of carboxylic acids is 1. The van der Waals surface area contributed by atoms with E-state index in [2.05, 4.69) is 41.1 Å². The number of nitrogens with zero attached hydrogens (tertiary/aromatic N) is 2. The molecule has 0 atom stereocenters. The van der Waals surface area contributed by atoms with E-state index in [4.69, 9.17) is 13.9 Å². The third kappa shape index (κ3) is 6.76. The number of amides is 1. The summed E-state index contributed by atoms with van der Waals surface area (Å²) in [5.41, 5.74) is 7.36. The predicted molar refractivity (Wildman–Crippen MR) is 158 cm³/mol. The molecule has 5 rings (SSSR count). The number of furan rings is 1. The van der Waals surface area contributed by atoms with Gasteiger partial charge in [-0.1, -0.05) is 24.3 Å². The van der Waals surface area contributed by atoms with Crippen molar-refractivity contribution in [3.05, 3.63) is 137 Å². The maximum absolute atomic E-state index is 12.6. The van der Waals surface area contributed by atoms with Gasteiger partial charge in [0.25, 0.3) is 0 Å². The molecule has 5 aromatic rings. The van der Waals surface area contributed by atoms with E-state index in [1.54, 1.807) is 42.5 Å². The topological polar surface area (TPSA) is 115 Å². The molecular weight excluding hydrogens is 534 g/mol. The smallest absolute Gasteiger partial charge is 0.335 e. The number of ether oxygens (including phenoxy) is 2. The van der Waals surface area contributed by atoms with Crippen molar-refractivity contribution in [3.8, 4) is 17.2 Å². The van der Waals surface area contributed by atoms with E-state index >= 15 is 0 Å². The van der Waals surface area contributed by atoms with Crippen LogP contribution in [0.15, 0.2) is 107 Å². The lowest BCUT2D eigenvalue weighted by molar-refractivity contribution is 0.0696. The molecule has 2 N–H and O–H groups in total. The number of nitrogens with one attached hydrogen (secondary N) is 1. The van der Waals surface area contributed by atoms with Crippen LogP contribution >= 0.6 is 0 Å². The van der Waals surface area contributed by atoms with Crippen molar-refractivity contribution in [2.75, 3.05) is 0 Å². The first kappa shape index (κ1) is 28.0. The van der Waals surface area contributed by atoms with Gasteiger partial charge in [0.2, 0.25) is 0 Å². The molecule has 2 aromatic heterocycles. The number of carboxylic acid groups (broad SMARTS) is 1. The number of aromatic carboxylic acids is 1. The van der Waals surface area contributed by atoms with Crippen LogP contribution in [0.3, 0.4) is 0 Å². The first-order valence-corrected chi connectivity index (χ1v) is 13.2. The largest absolute Gasteiger partial charge is 0.488 e. The summed E-state index contributed by atoms with van der Waals surface area (Å²) in [6.45, 7) is 4.47. The van der Waals surface area contributed by atoms with Crippen molar-refractivity contribution >= 4 is 18.1 Å². The van der Waals surface area contributed by atoms with Gasteiger partial charge in [0.1, 0.15) is 30.5 Å². The van der Waals surface area contributed by atoms with Crippen LogP contribution in [-0.4, -0.2) is 27.8 Å². The molecule has 3 aromatic carbocycles. The molecule has 0 bridgehead atoms. The van der Waals surface area contributed by atoms with Crippen molar-refractivity contribution in [1.82, 2.24) is 9.99 Å². The standard InChI is InChI=1S/C33H29N3O6/c1-22-10-11-23(2)36(22)27-12-14-28(15-13-27)40-21-29-16-17-31(42-29)32(37)35-34-19-26-7-3-4-9-30(26)41-20-24-6-5-8-25(18-24)33(38)39/h3-19H,20-21H2,1-2H3,(H,35,37)(H,38,39)/b34-19+. The maximum atomic E-state index is 12.6. The fourth-order valence-electron chi connectivity index (χ4n) is 4.39. The Kier molecular flexibility index (Phi) is 8.48. The van der Waals surface area contributed by atoms with E-state index < -0.39 is 11.9 Å². The molecule has 0 radical (unpaired) electrons. The molecule has 0 aliphatic heterocycles. The van der Waals surface area contributed by atoms with Gasteiger partial charge in [-0.2, -0.15) is 5.10 Å². The summed E-state index contributed by atoms with van der Waals surface area (Å²) < 4.78 is 19.5. The molecule has 0 unspecified atom stereocenters. The molecule has 0 saturated heterocycles. The lowest BCUT2D eigenvalue weighted by Crippen LogP contribution is -2.16. The number of para-hydroxylation sites is 1. The van der Waals surface area contributed by atoms with Crippen LogP contribution in [0, 0.1) is 13.8 Å². The molecule has 0 aliphatic carbocycles. The summed E-state index contributed by atoms with van der Waals surface area (Å²) in [6.07, 6.45) is 1.47. The number of aromatic nitrogens is 1. The highest BCUT2D eigenvalue weighted by Crippen LogP contribution is 2.21. The van der Waals surface area contributed by atoms with Gasteiger partial charge in [0.05, 0.1) is 11.8 Å². The Morgan fingerprint density at radius 2 is 1.64 bits per heavy atom. The number of rotatable bonds is 11. The van der Waals surface area contributed by atoms with E-state index in [0.717, 1.165) is 17.1 Å². The van der Waals surface area contributed by atoms with Crippen LogP contribution < -0.4 is 14.9 Å². The molecule has 0 saturated carbocycles. The van der Waals surface area contributed by atoms with Gasteiger partial charge in [-0.15, -0.1) is 0 Å². The highest BCUT2D eigenvalue weighted by atomic mass is 16.5. The van der Waals surface area contributed by atoms with Crippen molar-refractivity contribution in [2.24, 2.45) is 5.10 Å². The normalized spacial score (nSPS) is 11.0. The molecule has 2 heterocycles. The van der Waals surface area contributed by atoms with Crippen LogP contribution in [0.4, 0.5) is 0 Å². The zero-order chi connectivity index (χ0) is 29.5. The Bertz CT molecular complexity index is 1710. The Labute approximate surface area is 242 Å². The van der Waals surface area contributed by atoms with E-state index in [0.29, 0.717) is 28.4 Å². The van der Waals surface area contributed by atoms with E-state index in [1.165, 1.54) is 12.3 Å². The van der Waals surface area contributed by atoms with Gasteiger partial charge in [-0.3, -0.25) is 4.79 Å². The Morgan fingerprint density at radius 1 is 0.881 bits per heavy atom.